The van der Waals surface area contributed by atoms with E-state index >= 15 is 0 Å². The van der Waals surface area contributed by atoms with Crippen LogP contribution in [0.15, 0.2) is 76.7 Å². The Morgan fingerprint density at radius 3 is 2.69 bits per heavy atom. The average molecular weight is 503 g/mol. The Kier molecular flexibility index (Phi) is 6.36. The number of H-pyrrole nitrogens is 1. The summed E-state index contributed by atoms with van der Waals surface area (Å²) >= 11 is 7.44. The van der Waals surface area contributed by atoms with Crippen molar-refractivity contribution in [1.29, 1.82) is 0 Å². The summed E-state index contributed by atoms with van der Waals surface area (Å²) in [5, 5.41) is 4.85. The van der Waals surface area contributed by atoms with Crippen LogP contribution in [0.1, 0.15) is 16.7 Å². The second-order valence-corrected chi connectivity index (χ2v) is 9.73. The van der Waals surface area contributed by atoms with Gasteiger partial charge in [0.1, 0.15) is 11.0 Å². The zero-order chi connectivity index (χ0) is 24.5. The molecule has 1 amide bonds. The fraction of sp³-hybridized carbons (Fsp3) is 0.148. The number of aromatic nitrogens is 3. The number of para-hydroxylation sites is 1. The number of halogens is 1. The summed E-state index contributed by atoms with van der Waals surface area (Å²) in [6.45, 7) is 4.27. The molecule has 0 aliphatic carbocycles. The van der Waals surface area contributed by atoms with Crippen LogP contribution in [0.3, 0.4) is 0 Å². The molecule has 2 heterocycles. The van der Waals surface area contributed by atoms with E-state index in [4.69, 9.17) is 16.6 Å². The second-order valence-electron chi connectivity index (χ2n) is 8.38. The number of fused-ring (bicyclic) bond motifs is 3. The minimum absolute atomic E-state index is 0.107. The molecule has 0 aliphatic heterocycles. The van der Waals surface area contributed by atoms with Crippen molar-refractivity contribution in [3.8, 4) is 5.69 Å². The summed E-state index contributed by atoms with van der Waals surface area (Å²) in [6.07, 6.45) is 0. The predicted octanol–water partition coefficient (Wildman–Crippen LogP) is 5.55. The lowest BCUT2D eigenvalue weighted by atomic mass is 10.1. The molecule has 0 atom stereocenters. The zero-order valence-corrected chi connectivity index (χ0v) is 20.8. The first-order chi connectivity index (χ1) is 16.9. The fourth-order valence-corrected chi connectivity index (χ4v) is 5.06. The Morgan fingerprint density at radius 2 is 1.86 bits per heavy atom. The first-order valence-corrected chi connectivity index (χ1v) is 12.5. The molecular formula is C27H23ClN4O2S. The zero-order valence-electron chi connectivity index (χ0n) is 19.3. The van der Waals surface area contributed by atoms with Gasteiger partial charge >= 0.3 is 0 Å². The maximum absolute atomic E-state index is 13.7. The quantitative estimate of drug-likeness (QED) is 0.236. The van der Waals surface area contributed by atoms with Crippen molar-refractivity contribution in [2.45, 2.75) is 25.5 Å². The van der Waals surface area contributed by atoms with E-state index in [1.54, 1.807) is 10.6 Å². The van der Waals surface area contributed by atoms with Gasteiger partial charge in [-0.05, 0) is 48.7 Å². The third-order valence-corrected chi connectivity index (χ3v) is 7.17. The molecule has 2 aromatic heterocycles. The van der Waals surface area contributed by atoms with Gasteiger partial charge in [0, 0.05) is 22.5 Å². The summed E-state index contributed by atoms with van der Waals surface area (Å²) in [4.78, 5) is 34.5. The third kappa shape index (κ3) is 4.57. The number of hydrogen-bond donors (Lipinski definition) is 2. The van der Waals surface area contributed by atoms with E-state index in [-0.39, 0.29) is 17.2 Å². The van der Waals surface area contributed by atoms with E-state index in [0.29, 0.717) is 27.8 Å². The topological polar surface area (TPSA) is 79.8 Å². The van der Waals surface area contributed by atoms with E-state index in [1.807, 2.05) is 74.5 Å². The van der Waals surface area contributed by atoms with Crippen LogP contribution in [-0.2, 0) is 11.3 Å². The van der Waals surface area contributed by atoms with E-state index in [2.05, 4.69) is 10.3 Å². The standard InChI is InChI=1S/C27H23ClN4O2S/c1-16-11-12-17(2)22(13-16)32-26(34)25-24(19-8-4-6-10-21(19)30-25)31-27(32)35-15-23(33)29-14-18-7-3-5-9-20(18)28/h3-13,30H,14-15H2,1-2H3,(H,29,33). The van der Waals surface area contributed by atoms with Crippen LogP contribution >= 0.6 is 23.4 Å². The fourth-order valence-electron chi connectivity index (χ4n) is 4.03. The molecule has 0 aliphatic rings. The van der Waals surface area contributed by atoms with Crippen LogP contribution in [0, 0.1) is 13.8 Å². The molecule has 3 aromatic carbocycles. The number of nitrogens with one attached hydrogen (secondary N) is 2. The average Bonchev–Trinajstić information content (AvgIpc) is 3.23. The van der Waals surface area contributed by atoms with Gasteiger partial charge in [0.15, 0.2) is 5.16 Å². The Hall–Kier alpha value is -3.55. The van der Waals surface area contributed by atoms with E-state index in [1.165, 1.54) is 11.8 Å². The number of amides is 1. The van der Waals surface area contributed by atoms with Crippen molar-refractivity contribution in [2.24, 2.45) is 0 Å². The van der Waals surface area contributed by atoms with Gasteiger partial charge in [-0.15, -0.1) is 0 Å². The summed E-state index contributed by atoms with van der Waals surface area (Å²) in [5.74, 6) is -0.0639. The molecule has 5 rings (SSSR count). The van der Waals surface area contributed by atoms with Gasteiger partial charge in [0.2, 0.25) is 5.91 Å². The number of thioether (sulfide) groups is 1. The number of carbonyl (C=O) groups is 1. The number of carbonyl (C=O) groups excluding carboxylic acids is 1. The highest BCUT2D eigenvalue weighted by molar-refractivity contribution is 7.99. The van der Waals surface area contributed by atoms with E-state index in [9.17, 15) is 9.59 Å². The van der Waals surface area contributed by atoms with Crippen LogP contribution < -0.4 is 10.9 Å². The Bertz CT molecular complexity index is 1640. The second kappa shape index (κ2) is 9.60. The largest absolute Gasteiger partial charge is 0.351 e. The van der Waals surface area contributed by atoms with Crippen LogP contribution in [-0.4, -0.2) is 26.2 Å². The lowest BCUT2D eigenvalue weighted by Gasteiger charge is -2.15. The highest BCUT2D eigenvalue weighted by Gasteiger charge is 2.19. The van der Waals surface area contributed by atoms with Gasteiger partial charge in [-0.3, -0.25) is 14.2 Å². The van der Waals surface area contributed by atoms with Crippen molar-refractivity contribution in [3.63, 3.8) is 0 Å². The molecule has 2 N–H and O–H groups in total. The first kappa shape index (κ1) is 23.2. The van der Waals surface area contributed by atoms with E-state index < -0.39 is 0 Å². The molecular weight excluding hydrogens is 480 g/mol. The number of aromatic amines is 1. The maximum atomic E-state index is 13.7. The Balaban J connectivity index is 1.53. The molecule has 5 aromatic rings. The normalized spacial score (nSPS) is 11.3. The van der Waals surface area contributed by atoms with Crippen LogP contribution in [0.5, 0.6) is 0 Å². The maximum Gasteiger partial charge on any atom is 0.283 e. The minimum atomic E-state index is -0.195. The minimum Gasteiger partial charge on any atom is -0.351 e. The predicted molar refractivity (Wildman–Crippen MR) is 143 cm³/mol. The lowest BCUT2D eigenvalue weighted by Crippen LogP contribution is -2.26. The molecule has 8 heteroatoms. The lowest BCUT2D eigenvalue weighted by molar-refractivity contribution is -0.118. The number of benzene rings is 3. The van der Waals surface area contributed by atoms with Gasteiger partial charge < -0.3 is 10.3 Å². The van der Waals surface area contributed by atoms with Crippen molar-refractivity contribution < 1.29 is 4.79 Å². The molecule has 0 spiro atoms. The molecule has 0 fully saturated rings. The SMILES string of the molecule is Cc1ccc(C)c(-n2c(SCC(=O)NCc3ccccc3Cl)nc3c([nH]c4ccccc43)c2=O)c1. The van der Waals surface area contributed by atoms with Crippen molar-refractivity contribution >= 4 is 51.2 Å². The summed E-state index contributed by atoms with van der Waals surface area (Å²) < 4.78 is 1.60. The van der Waals surface area contributed by atoms with Crippen molar-refractivity contribution in [1.82, 2.24) is 19.9 Å². The molecule has 0 radical (unpaired) electrons. The molecule has 0 saturated heterocycles. The van der Waals surface area contributed by atoms with Crippen LogP contribution in [0.25, 0.3) is 27.6 Å². The Morgan fingerprint density at radius 1 is 1.09 bits per heavy atom. The number of rotatable bonds is 6. The van der Waals surface area contributed by atoms with Crippen molar-refractivity contribution in [3.05, 3.63) is 98.8 Å². The van der Waals surface area contributed by atoms with Crippen LogP contribution in [0.2, 0.25) is 5.02 Å². The molecule has 176 valence electrons. The first-order valence-electron chi connectivity index (χ1n) is 11.2. The van der Waals surface area contributed by atoms with Gasteiger partial charge in [0.05, 0.1) is 11.4 Å². The molecule has 6 nitrogen and oxygen atoms in total. The highest BCUT2D eigenvalue weighted by atomic mass is 35.5. The van der Waals surface area contributed by atoms with Gasteiger partial charge in [-0.1, -0.05) is 71.9 Å². The smallest absolute Gasteiger partial charge is 0.283 e. The molecule has 0 bridgehead atoms. The van der Waals surface area contributed by atoms with Crippen molar-refractivity contribution in [2.75, 3.05) is 5.75 Å². The van der Waals surface area contributed by atoms with Crippen LogP contribution in [0.4, 0.5) is 0 Å². The molecule has 0 saturated carbocycles. The molecule has 0 unspecified atom stereocenters. The summed E-state index contributed by atoms with van der Waals surface area (Å²) in [7, 11) is 0. The summed E-state index contributed by atoms with van der Waals surface area (Å²) in [5.41, 5.74) is 5.27. The highest BCUT2D eigenvalue weighted by Crippen LogP contribution is 2.27. The number of nitrogens with zero attached hydrogens (tertiary/aromatic N) is 2. The van der Waals surface area contributed by atoms with Gasteiger partial charge in [-0.25, -0.2) is 4.98 Å². The van der Waals surface area contributed by atoms with Gasteiger partial charge in [0.25, 0.3) is 5.56 Å². The third-order valence-electron chi connectivity index (χ3n) is 5.87. The van der Waals surface area contributed by atoms with E-state index in [0.717, 1.165) is 33.3 Å². The van der Waals surface area contributed by atoms with Gasteiger partial charge in [-0.2, -0.15) is 0 Å². The monoisotopic (exact) mass is 502 g/mol. The summed E-state index contributed by atoms with van der Waals surface area (Å²) in [6, 6.07) is 21.1. The Labute approximate surface area is 211 Å². The number of aryl methyl sites for hydroxylation is 2. The molecule has 35 heavy (non-hydrogen) atoms. The number of hydrogen-bond acceptors (Lipinski definition) is 4.